The van der Waals surface area contributed by atoms with Crippen molar-refractivity contribution in [1.82, 2.24) is 9.78 Å². The van der Waals surface area contributed by atoms with E-state index in [2.05, 4.69) is 5.10 Å². The van der Waals surface area contributed by atoms with Gasteiger partial charge in [-0.05, 0) is 64.7 Å². The number of aryl methyl sites for hydroxylation is 1. The summed E-state index contributed by atoms with van der Waals surface area (Å²) in [6.45, 7) is 2.14. The fourth-order valence-electron chi connectivity index (χ4n) is 2.90. The quantitative estimate of drug-likeness (QED) is 0.561. The maximum atomic E-state index is 12.5. The van der Waals surface area contributed by atoms with Crippen molar-refractivity contribution in [3.05, 3.63) is 105 Å². The first-order valence-corrected chi connectivity index (χ1v) is 8.90. The predicted molar refractivity (Wildman–Crippen MR) is 106 cm³/mol. The normalized spacial score (nSPS) is 16.2. The Bertz CT molecular complexity index is 725. The summed E-state index contributed by atoms with van der Waals surface area (Å²) >= 11 is 0. The van der Waals surface area contributed by atoms with Crippen LogP contribution >= 0.6 is 0 Å². The van der Waals surface area contributed by atoms with Gasteiger partial charge in [-0.15, -0.1) is 0 Å². The molecule has 1 aromatic carbocycles. The summed E-state index contributed by atoms with van der Waals surface area (Å²) in [5.74, 6) is 0.575. The zero-order valence-electron chi connectivity index (χ0n) is 15.9. The van der Waals surface area contributed by atoms with E-state index < -0.39 is 0 Å². The average Bonchev–Trinajstić information content (AvgIpc) is 3.45. The molecule has 2 aromatic rings. The summed E-state index contributed by atoms with van der Waals surface area (Å²) in [5.41, 5.74) is 2.89. The number of benzene rings is 1. The third-order valence-electron chi connectivity index (χ3n) is 4.07. The molecule has 10 radical (unpaired) electrons. The molecule has 5 heteroatoms. The molecule has 0 atom stereocenters. The molecule has 4 nitrogen and oxygen atoms in total. The minimum absolute atomic E-state index is 0. The first kappa shape index (κ1) is 22.7. The Labute approximate surface area is 179 Å². The molecule has 2 fully saturated rings. The molecular weight excluding hydrogens is 392 g/mol. The van der Waals surface area contributed by atoms with Crippen molar-refractivity contribution in [2.24, 2.45) is 7.05 Å². The van der Waals surface area contributed by atoms with Gasteiger partial charge < -0.3 is 4.74 Å². The van der Waals surface area contributed by atoms with Crippen LogP contribution in [0.3, 0.4) is 0 Å². The van der Waals surface area contributed by atoms with Crippen molar-refractivity contribution in [3.8, 4) is 11.3 Å². The van der Waals surface area contributed by atoms with Crippen molar-refractivity contribution in [2.45, 2.75) is 6.92 Å². The van der Waals surface area contributed by atoms with Crippen LogP contribution in [0.25, 0.3) is 11.3 Å². The minimum Gasteiger partial charge on any atom is -0.462 e. The van der Waals surface area contributed by atoms with Gasteiger partial charge in [-0.1, -0.05) is 30.3 Å². The van der Waals surface area contributed by atoms with Gasteiger partial charge in [-0.25, -0.2) is 4.79 Å². The largest absolute Gasteiger partial charge is 2.00 e. The Kier molecular flexibility index (Phi) is 9.27. The minimum atomic E-state index is -0.342. The van der Waals surface area contributed by atoms with Crippen LogP contribution < -0.4 is 0 Å². The third kappa shape index (κ3) is 5.48. The number of rotatable bonds is 4. The molecule has 2 saturated carbocycles. The van der Waals surface area contributed by atoms with E-state index in [1.54, 1.807) is 11.6 Å². The van der Waals surface area contributed by atoms with E-state index in [1.807, 2.05) is 95.2 Å². The van der Waals surface area contributed by atoms with Crippen LogP contribution in [0, 0.1) is 63.7 Å². The number of ether oxygens (including phenoxy) is 1. The second-order valence-corrected chi connectivity index (χ2v) is 5.92. The summed E-state index contributed by atoms with van der Waals surface area (Å²) < 4.78 is 6.99. The SMILES string of the molecule is CCOC(=O)c1c([C]2[CH][CH][CH][CH]2)nn(C)c1-c1ccccc1.[CH]1[CH][CH][CH][CH]1.[Fe+2]. The van der Waals surface area contributed by atoms with Crippen molar-refractivity contribution in [1.29, 1.82) is 0 Å². The van der Waals surface area contributed by atoms with Crippen LogP contribution in [0.2, 0.25) is 0 Å². The van der Waals surface area contributed by atoms with Crippen molar-refractivity contribution >= 4 is 5.97 Å². The summed E-state index contributed by atoms with van der Waals surface area (Å²) in [6, 6.07) is 9.77. The van der Waals surface area contributed by atoms with Crippen LogP contribution in [0.15, 0.2) is 30.3 Å². The van der Waals surface area contributed by atoms with E-state index in [0.717, 1.165) is 17.2 Å². The zero-order valence-corrected chi connectivity index (χ0v) is 17.0. The standard InChI is InChI=1S/C18H17N2O2.C5H5.Fe/c1-3-22-18(21)15-16(13-9-7-8-10-13)19-20(2)17(15)14-11-5-4-6-12-14;1-2-4-5-3-1;/h4-12H,3H2,1-2H3;1-5H;/q;;+2. The summed E-state index contributed by atoms with van der Waals surface area (Å²) in [7, 11) is 1.84. The summed E-state index contributed by atoms with van der Waals surface area (Å²) in [4.78, 5) is 12.5. The van der Waals surface area contributed by atoms with E-state index in [-0.39, 0.29) is 23.0 Å². The Balaban J connectivity index is 0.000000408. The van der Waals surface area contributed by atoms with Crippen LogP contribution in [0.5, 0.6) is 0 Å². The van der Waals surface area contributed by atoms with E-state index in [1.165, 1.54) is 0 Å². The molecule has 0 amide bonds. The summed E-state index contributed by atoms with van der Waals surface area (Å²) in [6.07, 6.45) is 17.8. The molecule has 0 bridgehead atoms. The molecule has 2 aliphatic carbocycles. The number of hydrogen-bond donors (Lipinski definition) is 0. The van der Waals surface area contributed by atoms with Crippen molar-refractivity contribution < 1.29 is 26.6 Å². The Morgan fingerprint density at radius 2 is 1.54 bits per heavy atom. The van der Waals surface area contributed by atoms with E-state index >= 15 is 0 Å². The number of carbonyl (C=O) groups excluding carboxylic acids is 1. The van der Waals surface area contributed by atoms with Crippen LogP contribution in [0.1, 0.15) is 23.0 Å². The molecule has 1 aromatic heterocycles. The number of carbonyl (C=O) groups is 1. The van der Waals surface area contributed by atoms with Gasteiger partial charge >= 0.3 is 23.0 Å². The van der Waals surface area contributed by atoms with Gasteiger partial charge in [0.2, 0.25) is 0 Å². The topological polar surface area (TPSA) is 44.1 Å². The molecule has 2 aliphatic rings. The fraction of sp³-hybridized carbons (Fsp3) is 0.130. The van der Waals surface area contributed by atoms with Gasteiger partial charge in [0.05, 0.1) is 18.0 Å². The molecule has 1 heterocycles. The first-order valence-electron chi connectivity index (χ1n) is 8.90. The van der Waals surface area contributed by atoms with Gasteiger partial charge in [-0.3, -0.25) is 4.68 Å². The molecule has 0 aliphatic heterocycles. The van der Waals surface area contributed by atoms with E-state index in [4.69, 9.17) is 4.74 Å². The van der Waals surface area contributed by atoms with Crippen LogP contribution in [-0.2, 0) is 28.9 Å². The number of nitrogens with zero attached hydrogens (tertiary/aromatic N) is 2. The second kappa shape index (κ2) is 11.4. The monoisotopic (exact) mass is 414 g/mol. The maximum absolute atomic E-state index is 12.5. The van der Waals surface area contributed by atoms with Crippen LogP contribution in [-0.4, -0.2) is 22.4 Å². The first-order chi connectivity index (χ1) is 13.2. The zero-order chi connectivity index (χ0) is 19.1. The Morgan fingerprint density at radius 1 is 0.964 bits per heavy atom. The predicted octanol–water partition coefficient (Wildman–Crippen LogP) is 4.04. The maximum Gasteiger partial charge on any atom is 2.00 e. The molecule has 0 saturated heterocycles. The van der Waals surface area contributed by atoms with Crippen molar-refractivity contribution in [3.63, 3.8) is 0 Å². The fourth-order valence-corrected chi connectivity index (χ4v) is 2.90. The van der Waals surface area contributed by atoms with Crippen molar-refractivity contribution in [2.75, 3.05) is 6.61 Å². The van der Waals surface area contributed by atoms with Gasteiger partial charge in [0.25, 0.3) is 0 Å². The molecule has 142 valence electrons. The second-order valence-electron chi connectivity index (χ2n) is 5.92. The Morgan fingerprint density at radius 3 is 2.07 bits per heavy atom. The van der Waals surface area contributed by atoms with Gasteiger partial charge in [0.1, 0.15) is 5.56 Å². The molecule has 0 unspecified atom stereocenters. The molecular formula is C23H22FeN2O2+2. The molecule has 28 heavy (non-hydrogen) atoms. The number of hydrogen-bond acceptors (Lipinski definition) is 3. The third-order valence-corrected chi connectivity index (χ3v) is 4.07. The molecule has 4 rings (SSSR count). The van der Waals surface area contributed by atoms with Gasteiger partial charge in [0.15, 0.2) is 0 Å². The van der Waals surface area contributed by atoms with E-state index in [9.17, 15) is 4.79 Å². The smallest absolute Gasteiger partial charge is 0.462 e. The van der Waals surface area contributed by atoms with E-state index in [0.29, 0.717) is 17.9 Å². The number of aromatic nitrogens is 2. The van der Waals surface area contributed by atoms with Gasteiger partial charge in [0, 0.05) is 18.5 Å². The average molecular weight is 414 g/mol. The number of esters is 1. The van der Waals surface area contributed by atoms with Gasteiger partial charge in [-0.2, -0.15) is 5.10 Å². The molecule has 0 spiro atoms. The Hall–Kier alpha value is -1.58. The van der Waals surface area contributed by atoms with Crippen LogP contribution in [0.4, 0.5) is 0 Å². The summed E-state index contributed by atoms with van der Waals surface area (Å²) in [5, 5.41) is 4.55. The molecule has 0 N–H and O–H groups in total.